The fraction of sp³-hybridized carbons (Fsp3) is 0.211. The Morgan fingerprint density at radius 1 is 0.457 bits per heavy atom. The molecule has 448 valence electrons. The van der Waals surface area contributed by atoms with Crippen LogP contribution in [0.15, 0.2) is 146 Å². The molecule has 20 rings (SSSR count). The molecule has 4 unspecified atom stereocenters. The quantitative estimate of drug-likeness (QED) is 0.0833. The third kappa shape index (κ3) is 6.59. The van der Waals surface area contributed by atoms with Gasteiger partial charge < -0.3 is 39.8 Å². The van der Waals surface area contributed by atoms with Crippen molar-refractivity contribution in [3.05, 3.63) is 179 Å². The summed E-state index contributed by atoms with van der Waals surface area (Å²) in [5, 5.41) is 15.0. The van der Waals surface area contributed by atoms with Crippen LogP contribution in [-0.2, 0) is 22.7 Å². The molecule has 0 radical (unpaired) electrons. The number of benzene rings is 8. The molecule has 21 heteroatoms. The van der Waals surface area contributed by atoms with Crippen LogP contribution in [-0.4, -0.2) is 113 Å². The molecule has 2 saturated heterocycles. The molecule has 12 aromatic rings. The summed E-state index contributed by atoms with van der Waals surface area (Å²) in [6.45, 7) is 0.245. The Bertz CT molecular complexity index is 5540. The van der Waals surface area contributed by atoms with Gasteiger partial charge in [-0.05, 0) is 72.5 Å². The molecule has 3 N–H and O–H groups in total. The number of likely N-dealkylation sites (N-methyl/N-ethyl adjacent to an activating group) is 1. The first-order chi connectivity index (χ1) is 44.2. The predicted octanol–water partition coefficient (Wildman–Crippen LogP) is 7.81. The maximum absolute atomic E-state index is 14.6. The summed E-state index contributed by atoms with van der Waals surface area (Å²) in [7, 11) is 4.72. The molecule has 4 fully saturated rings. The van der Waals surface area contributed by atoms with Gasteiger partial charge in [0.15, 0.2) is 0 Å². The number of hydrogen-bond donors (Lipinski definition) is 3. The Morgan fingerprint density at radius 2 is 0.804 bits per heavy atom. The van der Waals surface area contributed by atoms with Crippen LogP contribution in [0.2, 0.25) is 0 Å². The van der Waals surface area contributed by atoms with Crippen molar-refractivity contribution >= 4 is 135 Å². The number of rotatable bonds is 6. The number of methoxy groups -OCH3 is 2. The normalized spacial score (nSPS) is 23.0. The minimum Gasteiger partial charge on any atom is -1.00 e. The van der Waals surface area contributed by atoms with E-state index in [0.717, 1.165) is 87.6 Å². The van der Waals surface area contributed by atoms with Crippen molar-refractivity contribution in [2.24, 2.45) is 0 Å². The van der Waals surface area contributed by atoms with E-state index in [-0.39, 0.29) is 91.6 Å². The number of carbonyl (C=O) groups excluding carboxylic acids is 8. The van der Waals surface area contributed by atoms with Crippen LogP contribution in [0.3, 0.4) is 0 Å². The van der Waals surface area contributed by atoms with E-state index in [1.165, 1.54) is 21.7 Å². The molecule has 10 amide bonds. The SMILES string of the molecule is COc1ccc(CN2C(=O)c3c(c4c5ccccc5n5c4c4c3c3ccccc3n4C3CC5[C@]4(C3)NC(=O)N(C)C4=O)C2=O)cc1.COc1ccc(CN2C(=O)c3c(c4c5ccccc5n5c4c4c3c3ccccc3n4C3CC5[C@]4(C3)NC(=O)NC4=O)C2=O)cc1.[H-].[Na+]. The maximum atomic E-state index is 14.6. The van der Waals surface area contributed by atoms with Crippen molar-refractivity contribution < 1.29 is 78.8 Å². The standard InChI is InChI=1S/C36H27N5O5.C35H25N5O5.Na.H/c1-38-34(44)36(37-35(38)45)16-19-15-25(36)41-24-10-6-4-8-22(24)27-29-28(26-21-7-3-5-9-23(21)40(19)30(26)31(27)41)32(42)39(33(29)43)17-18-11-13-20(46-2)14-12-18;1-45-19-12-10-17(11-13-19)16-38-31(41)27-25-20-6-2-4-8-22(20)39-18-14-24(35(15-18)33(43)36-34(44)37-35)40-23-9-5-3-7-21(23)26(28(27)32(38)42)30(40)29(25)39;;/h3-14,19,25H,15-17H2,1-2H3,(H,37,45);2-13,18,24H,14-16H2,1H3,(H2,36,37,43,44);;/q;;+1;-1/t19?,25?,36-;18?,24?,35-;;/m00../s1. The number of nitrogens with zero attached hydrogens (tertiary/aromatic N) is 7. The number of nitrogens with one attached hydrogen (secondary N) is 3. The second-order valence-electron chi connectivity index (χ2n) is 25.4. The second kappa shape index (κ2) is 18.7. The molecular formula is C71H53N10NaO10. The summed E-state index contributed by atoms with van der Waals surface area (Å²) in [6.07, 6.45) is 2.03. The van der Waals surface area contributed by atoms with Crippen molar-refractivity contribution in [2.75, 3.05) is 21.3 Å². The van der Waals surface area contributed by atoms with Crippen molar-refractivity contribution in [3.63, 3.8) is 0 Å². The number of carbonyl (C=O) groups is 8. The first-order valence-electron chi connectivity index (χ1n) is 30.5. The van der Waals surface area contributed by atoms with Gasteiger partial charge in [0.05, 0.1) is 83.7 Å². The van der Waals surface area contributed by atoms with E-state index < -0.39 is 35.2 Å². The number of ether oxygens (including phenoxy) is 2. The largest absolute Gasteiger partial charge is 1.00 e. The van der Waals surface area contributed by atoms with Crippen molar-refractivity contribution in [3.8, 4) is 11.5 Å². The minimum absolute atomic E-state index is 0. The zero-order valence-electron chi connectivity index (χ0n) is 51.1. The van der Waals surface area contributed by atoms with Gasteiger partial charge >= 0.3 is 41.6 Å². The average Bonchev–Trinajstić information content (AvgIpc) is 1.50. The second-order valence-corrected chi connectivity index (χ2v) is 25.4. The van der Waals surface area contributed by atoms with E-state index in [0.29, 0.717) is 70.2 Å². The molecule has 4 aromatic heterocycles. The molecule has 20 nitrogen and oxygen atoms in total. The Morgan fingerprint density at radius 3 is 1.15 bits per heavy atom. The van der Waals surface area contributed by atoms with Gasteiger partial charge in [0.2, 0.25) is 0 Å². The van der Waals surface area contributed by atoms with Crippen LogP contribution >= 0.6 is 0 Å². The Kier molecular flexibility index (Phi) is 11.1. The van der Waals surface area contributed by atoms with E-state index in [2.05, 4.69) is 34.2 Å². The van der Waals surface area contributed by atoms with E-state index in [1.54, 1.807) is 14.2 Å². The van der Waals surface area contributed by atoms with E-state index in [4.69, 9.17) is 9.47 Å². The molecule has 6 atom stereocenters. The van der Waals surface area contributed by atoms with Crippen LogP contribution in [0, 0.1) is 0 Å². The first-order valence-corrected chi connectivity index (χ1v) is 30.5. The van der Waals surface area contributed by atoms with Crippen LogP contribution in [0.4, 0.5) is 9.59 Å². The molecule has 2 aliphatic carbocycles. The third-order valence-corrected chi connectivity index (χ3v) is 21.3. The third-order valence-electron chi connectivity index (χ3n) is 21.3. The van der Waals surface area contributed by atoms with Crippen LogP contribution in [0.1, 0.15) is 104 Å². The van der Waals surface area contributed by atoms with Crippen molar-refractivity contribution in [1.82, 2.24) is 48.9 Å². The number of amides is 10. The van der Waals surface area contributed by atoms with Gasteiger partial charge in [-0.15, -0.1) is 0 Å². The molecule has 2 spiro atoms. The predicted molar refractivity (Wildman–Crippen MR) is 338 cm³/mol. The monoisotopic (exact) mass is 1230 g/mol. The van der Waals surface area contributed by atoms with Crippen LogP contribution in [0.5, 0.6) is 11.5 Å². The zero-order valence-corrected chi connectivity index (χ0v) is 52.1. The molecule has 8 aromatic carbocycles. The van der Waals surface area contributed by atoms with Crippen molar-refractivity contribution in [2.45, 2.75) is 74.0 Å². The Balaban J connectivity index is 0.000000139. The summed E-state index contributed by atoms with van der Waals surface area (Å²) >= 11 is 0. The number of aromatic nitrogens is 4. The molecule has 92 heavy (non-hydrogen) atoms. The number of hydrogen-bond acceptors (Lipinski definition) is 10. The summed E-state index contributed by atoms with van der Waals surface area (Å²) in [4.78, 5) is 115. The van der Waals surface area contributed by atoms with Gasteiger partial charge in [-0.1, -0.05) is 97.1 Å². The van der Waals surface area contributed by atoms with Gasteiger partial charge in [-0.2, -0.15) is 0 Å². The fourth-order valence-electron chi connectivity index (χ4n) is 17.7. The van der Waals surface area contributed by atoms with E-state index >= 15 is 0 Å². The van der Waals surface area contributed by atoms with Gasteiger partial charge in [-0.25, -0.2) is 9.59 Å². The maximum Gasteiger partial charge on any atom is 1.00 e. The number of imide groups is 4. The summed E-state index contributed by atoms with van der Waals surface area (Å²) in [6, 6.07) is 44.4. The number of fused-ring (bicyclic) bond motifs is 28. The Hall–Kier alpha value is -10.3. The average molecular weight is 1230 g/mol. The number of para-hydroxylation sites is 4. The summed E-state index contributed by atoms with van der Waals surface area (Å²) < 4.78 is 19.5. The molecule has 6 aliphatic heterocycles. The van der Waals surface area contributed by atoms with Gasteiger partial charge in [-0.3, -0.25) is 48.8 Å². The smallest absolute Gasteiger partial charge is 1.00 e. The van der Waals surface area contributed by atoms with Gasteiger partial charge in [0.25, 0.3) is 35.4 Å². The zero-order chi connectivity index (χ0) is 61.6. The van der Waals surface area contributed by atoms with Crippen LogP contribution < -0.4 is 55.0 Å². The summed E-state index contributed by atoms with van der Waals surface area (Å²) in [5.74, 6) is -0.511. The molecule has 2 saturated carbocycles. The van der Waals surface area contributed by atoms with E-state index in [1.807, 2.05) is 146 Å². The van der Waals surface area contributed by atoms with Gasteiger partial charge in [0.1, 0.15) is 22.6 Å². The number of urea groups is 2. The van der Waals surface area contributed by atoms with Gasteiger partial charge in [0, 0.05) is 97.1 Å². The van der Waals surface area contributed by atoms with Crippen LogP contribution in [0.25, 0.3) is 87.2 Å². The molecule has 8 aliphatic rings. The first kappa shape index (κ1) is 54.6. The Labute approximate surface area is 544 Å². The topological polar surface area (TPSA) is 221 Å². The molecular weight excluding hydrogens is 1180 g/mol. The minimum atomic E-state index is -1.15. The fourth-order valence-corrected chi connectivity index (χ4v) is 17.7. The van der Waals surface area contributed by atoms with Crippen molar-refractivity contribution in [1.29, 1.82) is 0 Å². The molecule has 10 heterocycles. The molecule has 4 bridgehead atoms. The van der Waals surface area contributed by atoms with E-state index in [9.17, 15) is 38.4 Å². The summed E-state index contributed by atoms with van der Waals surface area (Å²) in [5.41, 5.74) is 7.98.